The van der Waals surface area contributed by atoms with Crippen molar-refractivity contribution in [2.45, 2.75) is 13.5 Å². The Morgan fingerprint density at radius 2 is 2.27 bits per heavy atom. The molecule has 0 saturated heterocycles. The molecule has 0 radical (unpaired) electrons. The van der Waals surface area contributed by atoms with E-state index in [9.17, 15) is 0 Å². The van der Waals surface area contributed by atoms with Gasteiger partial charge in [-0.3, -0.25) is 4.68 Å². The van der Waals surface area contributed by atoms with E-state index in [4.69, 9.17) is 17.3 Å². The summed E-state index contributed by atoms with van der Waals surface area (Å²) in [6.07, 6.45) is 3.63. The monoisotopic (exact) mass is 222 g/mol. The minimum absolute atomic E-state index is 0.434. The Morgan fingerprint density at radius 1 is 1.47 bits per heavy atom. The summed E-state index contributed by atoms with van der Waals surface area (Å²) in [4.78, 5) is 4.18. The molecule has 0 bridgehead atoms. The highest BCUT2D eigenvalue weighted by atomic mass is 35.5. The maximum atomic E-state index is 5.81. The van der Waals surface area contributed by atoms with Gasteiger partial charge in [0, 0.05) is 18.3 Å². The number of aromatic nitrogens is 3. The van der Waals surface area contributed by atoms with Gasteiger partial charge in [0.2, 0.25) is 0 Å². The lowest BCUT2D eigenvalue weighted by atomic mass is 10.2. The molecule has 0 unspecified atom stereocenters. The normalized spacial score (nSPS) is 10.5. The molecule has 0 fully saturated rings. The standard InChI is InChI=1S/C10H11ClN4/c1-2-15-6-7(5-13-15)10-8(12)3-4-9(11)14-10/h3-6H,2,12H2,1H3. The van der Waals surface area contributed by atoms with Crippen LogP contribution in [0.1, 0.15) is 6.92 Å². The van der Waals surface area contributed by atoms with Crippen LogP contribution < -0.4 is 5.73 Å². The molecule has 0 spiro atoms. The van der Waals surface area contributed by atoms with Gasteiger partial charge in [0.1, 0.15) is 5.15 Å². The maximum absolute atomic E-state index is 5.81. The fraction of sp³-hybridized carbons (Fsp3) is 0.200. The van der Waals surface area contributed by atoms with Gasteiger partial charge in [-0.2, -0.15) is 5.10 Å². The molecule has 2 aromatic rings. The Balaban J connectivity index is 2.48. The van der Waals surface area contributed by atoms with Gasteiger partial charge in [0.05, 0.1) is 17.6 Å². The summed E-state index contributed by atoms with van der Waals surface area (Å²) < 4.78 is 1.82. The van der Waals surface area contributed by atoms with Crippen LogP contribution in [0.3, 0.4) is 0 Å². The van der Waals surface area contributed by atoms with Gasteiger partial charge in [-0.1, -0.05) is 11.6 Å². The summed E-state index contributed by atoms with van der Waals surface area (Å²) >= 11 is 5.81. The zero-order chi connectivity index (χ0) is 10.8. The summed E-state index contributed by atoms with van der Waals surface area (Å²) in [5, 5.41) is 4.59. The second-order valence-corrected chi connectivity index (χ2v) is 3.54. The molecule has 78 valence electrons. The van der Waals surface area contributed by atoms with Crippen LogP contribution in [0.15, 0.2) is 24.5 Å². The Kier molecular flexibility index (Phi) is 2.60. The fourth-order valence-corrected chi connectivity index (χ4v) is 1.48. The first-order valence-corrected chi connectivity index (χ1v) is 5.03. The van der Waals surface area contributed by atoms with E-state index in [2.05, 4.69) is 10.1 Å². The number of hydrogen-bond donors (Lipinski definition) is 1. The molecule has 0 aliphatic rings. The van der Waals surface area contributed by atoms with Crippen molar-refractivity contribution >= 4 is 17.3 Å². The summed E-state index contributed by atoms with van der Waals surface area (Å²) in [5.74, 6) is 0. The molecule has 2 aromatic heterocycles. The molecule has 2 heterocycles. The van der Waals surface area contributed by atoms with E-state index in [0.29, 0.717) is 16.5 Å². The molecule has 0 amide bonds. The Hall–Kier alpha value is -1.55. The molecule has 0 atom stereocenters. The lowest BCUT2D eigenvalue weighted by Crippen LogP contribution is -1.94. The first-order chi connectivity index (χ1) is 7.20. The molecule has 0 aromatic carbocycles. The van der Waals surface area contributed by atoms with Gasteiger partial charge in [0.15, 0.2) is 0 Å². The molecule has 0 saturated carbocycles. The van der Waals surface area contributed by atoms with Gasteiger partial charge in [-0.05, 0) is 19.1 Å². The zero-order valence-corrected chi connectivity index (χ0v) is 9.07. The van der Waals surface area contributed by atoms with E-state index in [-0.39, 0.29) is 0 Å². The highest BCUT2D eigenvalue weighted by Crippen LogP contribution is 2.24. The lowest BCUT2D eigenvalue weighted by molar-refractivity contribution is 0.660. The number of rotatable bonds is 2. The quantitative estimate of drug-likeness (QED) is 0.793. The Labute approximate surface area is 92.7 Å². The van der Waals surface area contributed by atoms with Crippen LogP contribution in [0.4, 0.5) is 5.69 Å². The van der Waals surface area contributed by atoms with E-state index < -0.39 is 0 Å². The van der Waals surface area contributed by atoms with Crippen LogP contribution in [0.5, 0.6) is 0 Å². The van der Waals surface area contributed by atoms with Crippen LogP contribution in [-0.4, -0.2) is 14.8 Å². The van der Waals surface area contributed by atoms with Gasteiger partial charge < -0.3 is 5.73 Å². The van der Waals surface area contributed by atoms with Crippen molar-refractivity contribution in [3.63, 3.8) is 0 Å². The summed E-state index contributed by atoms with van der Waals surface area (Å²) in [6, 6.07) is 3.42. The average Bonchev–Trinajstić information content (AvgIpc) is 2.70. The first kappa shape index (κ1) is 9.98. The molecule has 0 aliphatic heterocycles. The molecular weight excluding hydrogens is 212 g/mol. The van der Waals surface area contributed by atoms with Gasteiger partial charge >= 0.3 is 0 Å². The van der Waals surface area contributed by atoms with E-state index in [1.54, 1.807) is 18.3 Å². The molecule has 2 rings (SSSR count). The number of hydrogen-bond acceptors (Lipinski definition) is 3. The molecule has 4 nitrogen and oxygen atoms in total. The van der Waals surface area contributed by atoms with Crippen LogP contribution in [0.25, 0.3) is 11.3 Å². The number of nitrogen functional groups attached to an aromatic ring is 1. The predicted molar refractivity (Wildman–Crippen MR) is 60.6 cm³/mol. The third-order valence-electron chi connectivity index (χ3n) is 2.12. The van der Waals surface area contributed by atoms with Crippen LogP contribution >= 0.6 is 11.6 Å². The molecular formula is C10H11ClN4. The third-order valence-corrected chi connectivity index (χ3v) is 2.33. The van der Waals surface area contributed by atoms with Crippen molar-refractivity contribution in [1.82, 2.24) is 14.8 Å². The number of anilines is 1. The summed E-state index contributed by atoms with van der Waals surface area (Å²) in [7, 11) is 0. The number of nitrogens with two attached hydrogens (primary N) is 1. The highest BCUT2D eigenvalue weighted by Gasteiger charge is 2.07. The Bertz CT molecular complexity index is 478. The number of aryl methyl sites for hydroxylation is 1. The van der Waals surface area contributed by atoms with E-state index in [1.165, 1.54) is 0 Å². The smallest absolute Gasteiger partial charge is 0.129 e. The summed E-state index contributed by atoms with van der Waals surface area (Å²) in [6.45, 7) is 2.84. The second-order valence-electron chi connectivity index (χ2n) is 3.16. The van der Waals surface area contributed by atoms with Crippen molar-refractivity contribution in [2.75, 3.05) is 5.73 Å². The minimum atomic E-state index is 0.434. The lowest BCUT2D eigenvalue weighted by Gasteiger charge is -2.01. The maximum Gasteiger partial charge on any atom is 0.129 e. The van der Waals surface area contributed by atoms with Crippen LogP contribution in [-0.2, 0) is 6.54 Å². The topological polar surface area (TPSA) is 56.7 Å². The summed E-state index contributed by atoms with van der Waals surface area (Å²) in [5.41, 5.74) is 7.99. The van der Waals surface area contributed by atoms with E-state index >= 15 is 0 Å². The van der Waals surface area contributed by atoms with Gasteiger partial charge in [-0.15, -0.1) is 0 Å². The first-order valence-electron chi connectivity index (χ1n) is 4.65. The average molecular weight is 223 g/mol. The van der Waals surface area contributed by atoms with Crippen molar-refractivity contribution in [2.24, 2.45) is 0 Å². The molecule has 2 N–H and O–H groups in total. The second kappa shape index (κ2) is 3.90. The van der Waals surface area contributed by atoms with E-state index in [1.807, 2.05) is 17.8 Å². The van der Waals surface area contributed by atoms with Crippen LogP contribution in [0, 0.1) is 0 Å². The fourth-order valence-electron chi connectivity index (χ4n) is 1.34. The van der Waals surface area contributed by atoms with E-state index in [0.717, 1.165) is 12.1 Å². The number of nitrogens with zero attached hydrogens (tertiary/aromatic N) is 3. The van der Waals surface area contributed by atoms with Gasteiger partial charge in [0.25, 0.3) is 0 Å². The van der Waals surface area contributed by atoms with Crippen molar-refractivity contribution in [3.05, 3.63) is 29.7 Å². The number of pyridine rings is 1. The van der Waals surface area contributed by atoms with Gasteiger partial charge in [-0.25, -0.2) is 4.98 Å². The van der Waals surface area contributed by atoms with Crippen LogP contribution in [0.2, 0.25) is 5.15 Å². The number of halogens is 1. The molecule has 5 heteroatoms. The van der Waals surface area contributed by atoms with Crippen molar-refractivity contribution < 1.29 is 0 Å². The third kappa shape index (κ3) is 1.94. The zero-order valence-electron chi connectivity index (χ0n) is 8.31. The predicted octanol–water partition coefficient (Wildman–Crippen LogP) is 2.20. The van der Waals surface area contributed by atoms with Crippen molar-refractivity contribution in [1.29, 1.82) is 0 Å². The highest BCUT2D eigenvalue weighted by molar-refractivity contribution is 6.29. The minimum Gasteiger partial charge on any atom is -0.397 e. The molecule has 0 aliphatic carbocycles. The largest absolute Gasteiger partial charge is 0.397 e. The van der Waals surface area contributed by atoms with Crippen molar-refractivity contribution in [3.8, 4) is 11.3 Å². The Morgan fingerprint density at radius 3 is 2.93 bits per heavy atom. The SMILES string of the molecule is CCn1cc(-c2nc(Cl)ccc2N)cn1. The molecule has 15 heavy (non-hydrogen) atoms.